The summed E-state index contributed by atoms with van der Waals surface area (Å²) in [7, 11) is 0. The van der Waals surface area contributed by atoms with Gasteiger partial charge < -0.3 is 4.90 Å². The molecule has 4 rings (SSSR count). The molecule has 0 bridgehead atoms. The third-order valence-electron chi connectivity index (χ3n) is 5.73. The van der Waals surface area contributed by atoms with Gasteiger partial charge in [0.2, 0.25) is 17.7 Å². The van der Waals surface area contributed by atoms with Crippen LogP contribution in [-0.4, -0.2) is 40.1 Å². The molecule has 5 nitrogen and oxygen atoms in total. The van der Waals surface area contributed by atoms with Crippen LogP contribution in [0.4, 0.5) is 0 Å². The lowest BCUT2D eigenvalue weighted by Gasteiger charge is -2.33. The summed E-state index contributed by atoms with van der Waals surface area (Å²) >= 11 is 0. The molecule has 2 heterocycles. The number of imide groups is 1. The van der Waals surface area contributed by atoms with Crippen LogP contribution in [0.3, 0.4) is 0 Å². The van der Waals surface area contributed by atoms with E-state index in [1.54, 1.807) is 11.8 Å². The zero-order valence-corrected chi connectivity index (χ0v) is 14.4. The monoisotopic (exact) mass is 338 g/mol. The molecule has 0 N–H and O–H groups in total. The van der Waals surface area contributed by atoms with Gasteiger partial charge in [0.05, 0.1) is 11.8 Å². The highest BCUT2D eigenvalue weighted by Crippen LogP contribution is 2.36. The van der Waals surface area contributed by atoms with Gasteiger partial charge in [-0.05, 0) is 37.3 Å². The van der Waals surface area contributed by atoms with Gasteiger partial charge in [0, 0.05) is 13.1 Å². The van der Waals surface area contributed by atoms with E-state index < -0.39 is 6.04 Å². The smallest absolute Gasteiger partial charge is 0.245 e. The van der Waals surface area contributed by atoms with E-state index in [2.05, 4.69) is 6.07 Å². The van der Waals surface area contributed by atoms with Crippen LogP contribution in [0, 0.1) is 11.8 Å². The van der Waals surface area contributed by atoms with Gasteiger partial charge in [-0.25, -0.2) is 0 Å². The first-order valence-electron chi connectivity index (χ1n) is 8.95. The zero-order valence-electron chi connectivity index (χ0n) is 14.4. The van der Waals surface area contributed by atoms with Gasteiger partial charge in [0.25, 0.3) is 0 Å². The van der Waals surface area contributed by atoms with Gasteiger partial charge >= 0.3 is 0 Å². The Morgan fingerprint density at radius 2 is 1.64 bits per heavy atom. The molecular weight excluding hydrogens is 316 g/mol. The number of hydrogen-bond donors (Lipinski definition) is 0. The number of fused-ring (bicyclic) bond motifs is 2. The van der Waals surface area contributed by atoms with E-state index in [1.165, 1.54) is 10.5 Å². The molecule has 1 aliphatic carbocycles. The SMILES string of the molecule is CC(C(=O)N1CCc2ccccc2C1)N1C(=O)C2CC=CCC2C1=O. The average Bonchev–Trinajstić information content (AvgIpc) is 2.91. The van der Waals surface area contributed by atoms with Crippen LogP contribution in [0.2, 0.25) is 0 Å². The van der Waals surface area contributed by atoms with Crippen molar-refractivity contribution in [1.29, 1.82) is 0 Å². The fourth-order valence-corrected chi connectivity index (χ4v) is 4.27. The van der Waals surface area contributed by atoms with E-state index in [1.807, 2.05) is 30.4 Å². The van der Waals surface area contributed by atoms with Crippen molar-refractivity contribution < 1.29 is 14.4 Å². The second-order valence-electron chi connectivity index (χ2n) is 7.16. The Kier molecular flexibility index (Phi) is 3.94. The van der Waals surface area contributed by atoms with E-state index in [4.69, 9.17) is 0 Å². The summed E-state index contributed by atoms with van der Waals surface area (Å²) in [6.07, 6.45) is 5.94. The maximum atomic E-state index is 13.0. The van der Waals surface area contributed by atoms with Crippen molar-refractivity contribution in [3.63, 3.8) is 0 Å². The van der Waals surface area contributed by atoms with Gasteiger partial charge in [-0.3, -0.25) is 19.3 Å². The average molecular weight is 338 g/mol. The van der Waals surface area contributed by atoms with Crippen LogP contribution in [0.1, 0.15) is 30.9 Å². The second kappa shape index (κ2) is 6.14. The molecule has 1 aromatic rings. The molecule has 25 heavy (non-hydrogen) atoms. The molecule has 3 atom stereocenters. The molecule has 0 saturated carbocycles. The van der Waals surface area contributed by atoms with Crippen molar-refractivity contribution in [2.75, 3.05) is 6.54 Å². The summed E-state index contributed by atoms with van der Waals surface area (Å²) in [5, 5.41) is 0. The van der Waals surface area contributed by atoms with Gasteiger partial charge in [0.15, 0.2) is 0 Å². The van der Waals surface area contributed by atoms with Gasteiger partial charge in [-0.2, -0.15) is 0 Å². The van der Waals surface area contributed by atoms with Crippen molar-refractivity contribution in [2.24, 2.45) is 11.8 Å². The molecule has 1 saturated heterocycles. The molecule has 3 amide bonds. The Labute approximate surface area is 147 Å². The van der Waals surface area contributed by atoms with Crippen LogP contribution in [0.25, 0.3) is 0 Å². The summed E-state index contributed by atoms with van der Waals surface area (Å²) in [6, 6.07) is 7.38. The molecule has 0 aromatic heterocycles. The Hall–Kier alpha value is -2.43. The molecule has 3 unspecified atom stereocenters. The number of carbonyl (C=O) groups is 3. The molecule has 5 heteroatoms. The van der Waals surface area contributed by atoms with E-state index in [9.17, 15) is 14.4 Å². The molecule has 130 valence electrons. The maximum absolute atomic E-state index is 13.0. The van der Waals surface area contributed by atoms with E-state index in [-0.39, 0.29) is 29.6 Å². The molecule has 0 radical (unpaired) electrons. The first-order valence-corrected chi connectivity index (χ1v) is 8.95. The van der Waals surface area contributed by atoms with E-state index >= 15 is 0 Å². The lowest BCUT2D eigenvalue weighted by Crippen LogP contribution is -2.50. The number of allylic oxidation sites excluding steroid dienone is 2. The normalized spacial score (nSPS) is 26.4. The third kappa shape index (κ3) is 2.58. The highest BCUT2D eigenvalue weighted by molar-refractivity contribution is 6.08. The van der Waals surface area contributed by atoms with Crippen molar-refractivity contribution >= 4 is 17.7 Å². The number of rotatable bonds is 2. The molecule has 2 aliphatic heterocycles. The van der Waals surface area contributed by atoms with Crippen molar-refractivity contribution in [3.05, 3.63) is 47.5 Å². The van der Waals surface area contributed by atoms with Gasteiger partial charge in [-0.15, -0.1) is 0 Å². The van der Waals surface area contributed by atoms with Crippen molar-refractivity contribution in [3.8, 4) is 0 Å². The molecule has 3 aliphatic rings. The van der Waals surface area contributed by atoms with Gasteiger partial charge in [0.1, 0.15) is 6.04 Å². The summed E-state index contributed by atoms with van der Waals surface area (Å²) in [5.41, 5.74) is 2.41. The second-order valence-corrected chi connectivity index (χ2v) is 7.16. The Morgan fingerprint density at radius 3 is 2.28 bits per heavy atom. The third-order valence-corrected chi connectivity index (χ3v) is 5.73. The summed E-state index contributed by atoms with van der Waals surface area (Å²) < 4.78 is 0. The first-order chi connectivity index (χ1) is 12.1. The number of hydrogen-bond acceptors (Lipinski definition) is 3. The van der Waals surface area contributed by atoms with Crippen LogP contribution in [0.5, 0.6) is 0 Å². The topological polar surface area (TPSA) is 57.7 Å². The maximum Gasteiger partial charge on any atom is 0.245 e. The number of benzene rings is 1. The van der Waals surface area contributed by atoms with Crippen molar-refractivity contribution in [2.45, 2.75) is 38.8 Å². The summed E-state index contributed by atoms with van der Waals surface area (Å²) in [6.45, 7) is 2.86. The van der Waals surface area contributed by atoms with Crippen LogP contribution >= 0.6 is 0 Å². The Bertz CT molecular complexity index is 744. The fourth-order valence-electron chi connectivity index (χ4n) is 4.27. The molecule has 0 spiro atoms. The van der Waals surface area contributed by atoms with Crippen LogP contribution < -0.4 is 0 Å². The fraction of sp³-hybridized carbons (Fsp3) is 0.450. The minimum atomic E-state index is -0.726. The first kappa shape index (κ1) is 16.1. The largest absolute Gasteiger partial charge is 0.336 e. The Morgan fingerprint density at radius 1 is 1.04 bits per heavy atom. The van der Waals surface area contributed by atoms with E-state index in [0.29, 0.717) is 25.9 Å². The summed E-state index contributed by atoms with van der Waals surface area (Å²) in [4.78, 5) is 41.3. The van der Waals surface area contributed by atoms with E-state index in [0.717, 1.165) is 12.0 Å². The standard InChI is InChI=1S/C20H22N2O3/c1-13(22-19(24)16-8-4-5-9-17(16)20(22)25)18(23)21-11-10-14-6-2-3-7-15(14)12-21/h2-7,13,16-17H,8-12H2,1H3. The molecule has 1 fully saturated rings. The minimum Gasteiger partial charge on any atom is -0.336 e. The molecular formula is C20H22N2O3. The number of nitrogens with zero attached hydrogens (tertiary/aromatic N) is 2. The number of likely N-dealkylation sites (tertiary alicyclic amines) is 1. The highest BCUT2D eigenvalue weighted by atomic mass is 16.2. The quantitative estimate of drug-likeness (QED) is 0.611. The van der Waals surface area contributed by atoms with Gasteiger partial charge in [-0.1, -0.05) is 36.4 Å². The lowest BCUT2D eigenvalue weighted by atomic mass is 9.85. The predicted molar refractivity (Wildman–Crippen MR) is 92.2 cm³/mol. The Balaban J connectivity index is 1.51. The lowest BCUT2D eigenvalue weighted by molar-refractivity contribution is -0.151. The predicted octanol–water partition coefficient (Wildman–Crippen LogP) is 1.91. The zero-order chi connectivity index (χ0) is 17.6. The van der Waals surface area contributed by atoms with Crippen LogP contribution in [-0.2, 0) is 27.3 Å². The minimum absolute atomic E-state index is 0.136. The number of carbonyl (C=O) groups excluding carboxylic acids is 3. The highest BCUT2D eigenvalue weighted by Gasteiger charge is 2.50. The number of amides is 3. The summed E-state index contributed by atoms with van der Waals surface area (Å²) in [5.74, 6) is -1.07. The van der Waals surface area contributed by atoms with Crippen molar-refractivity contribution in [1.82, 2.24) is 9.80 Å². The van der Waals surface area contributed by atoms with Crippen LogP contribution in [0.15, 0.2) is 36.4 Å². The molecule has 1 aromatic carbocycles.